The molecular formula is C14H20N2O2S. The van der Waals surface area contributed by atoms with Gasteiger partial charge in [-0.25, -0.2) is 4.98 Å². The highest BCUT2D eigenvalue weighted by atomic mass is 32.1. The number of nitrogens with zero attached hydrogens (tertiary/aromatic N) is 1. The van der Waals surface area contributed by atoms with Crippen molar-refractivity contribution >= 4 is 17.2 Å². The Hall–Kier alpha value is -1.20. The first kappa shape index (κ1) is 14.2. The summed E-state index contributed by atoms with van der Waals surface area (Å²) in [4.78, 5) is 4.73. The van der Waals surface area contributed by atoms with Crippen molar-refractivity contribution < 1.29 is 9.47 Å². The monoisotopic (exact) mass is 280 g/mol. The van der Waals surface area contributed by atoms with Gasteiger partial charge in [-0.3, -0.25) is 0 Å². The number of aryl methyl sites for hydroxylation is 1. The summed E-state index contributed by atoms with van der Waals surface area (Å²) in [5.74, 6) is 0.550. The number of pyridine rings is 1. The number of hydrogen-bond donors (Lipinski definition) is 1. The van der Waals surface area contributed by atoms with Crippen LogP contribution in [-0.4, -0.2) is 29.3 Å². The van der Waals surface area contributed by atoms with Crippen molar-refractivity contribution in [2.24, 2.45) is 5.73 Å². The lowest BCUT2D eigenvalue weighted by Crippen LogP contribution is -2.30. The molecule has 0 saturated heterocycles. The molecule has 1 aliphatic rings. The van der Waals surface area contributed by atoms with Crippen molar-refractivity contribution in [2.75, 3.05) is 7.11 Å². The first-order valence-electron chi connectivity index (χ1n) is 6.57. The Morgan fingerprint density at radius 1 is 1.37 bits per heavy atom. The zero-order valence-corrected chi connectivity index (χ0v) is 12.2. The largest absolute Gasteiger partial charge is 0.474 e. The molecule has 0 aliphatic heterocycles. The maximum Gasteiger partial charge on any atom is 0.224 e. The Morgan fingerprint density at radius 3 is 2.79 bits per heavy atom. The Bertz CT molecular complexity index is 465. The van der Waals surface area contributed by atoms with Crippen LogP contribution >= 0.6 is 12.2 Å². The van der Waals surface area contributed by atoms with Gasteiger partial charge in [-0.15, -0.1) is 0 Å². The summed E-state index contributed by atoms with van der Waals surface area (Å²) < 4.78 is 11.4. The van der Waals surface area contributed by atoms with Gasteiger partial charge in [0, 0.05) is 19.2 Å². The minimum absolute atomic E-state index is 0.126. The van der Waals surface area contributed by atoms with Crippen molar-refractivity contribution in [3.05, 3.63) is 23.4 Å². The van der Waals surface area contributed by atoms with Gasteiger partial charge in [-0.05, 0) is 38.3 Å². The van der Waals surface area contributed by atoms with E-state index in [1.54, 1.807) is 7.11 Å². The van der Waals surface area contributed by atoms with Gasteiger partial charge in [0.15, 0.2) is 0 Å². The first-order chi connectivity index (χ1) is 9.10. The molecule has 2 unspecified atom stereocenters. The molecule has 1 aliphatic carbocycles. The van der Waals surface area contributed by atoms with E-state index in [1.165, 1.54) is 0 Å². The van der Waals surface area contributed by atoms with E-state index < -0.39 is 0 Å². The molecule has 2 rings (SSSR count). The van der Waals surface area contributed by atoms with E-state index in [-0.39, 0.29) is 12.2 Å². The third-order valence-electron chi connectivity index (χ3n) is 3.45. The van der Waals surface area contributed by atoms with Gasteiger partial charge in [0.05, 0.1) is 11.7 Å². The van der Waals surface area contributed by atoms with Crippen molar-refractivity contribution in [1.29, 1.82) is 0 Å². The maximum absolute atomic E-state index is 6.00. The predicted molar refractivity (Wildman–Crippen MR) is 78.5 cm³/mol. The molecule has 2 N–H and O–H groups in total. The quantitative estimate of drug-likeness (QED) is 0.858. The standard InChI is InChI=1S/C14H20N2O2S/c1-9-6-7-12(13(15)19)14(16-9)18-11-5-3-4-10(8-11)17-2/h6-7,10-11H,3-5,8H2,1-2H3,(H2,15,19). The van der Waals surface area contributed by atoms with Crippen molar-refractivity contribution in [1.82, 2.24) is 4.98 Å². The van der Waals surface area contributed by atoms with Crippen LogP contribution in [0.15, 0.2) is 12.1 Å². The first-order valence-corrected chi connectivity index (χ1v) is 6.98. The summed E-state index contributed by atoms with van der Waals surface area (Å²) in [7, 11) is 1.75. The van der Waals surface area contributed by atoms with E-state index in [0.29, 0.717) is 16.4 Å². The minimum atomic E-state index is 0.126. The number of thiocarbonyl (C=S) groups is 1. The molecule has 5 heteroatoms. The molecule has 0 radical (unpaired) electrons. The van der Waals surface area contributed by atoms with Crippen LogP contribution in [0, 0.1) is 6.92 Å². The molecule has 1 fully saturated rings. The lowest BCUT2D eigenvalue weighted by Gasteiger charge is -2.28. The summed E-state index contributed by atoms with van der Waals surface area (Å²) >= 11 is 5.04. The molecule has 2 atom stereocenters. The van der Waals surface area contributed by atoms with E-state index in [2.05, 4.69) is 4.98 Å². The number of rotatable bonds is 4. The van der Waals surface area contributed by atoms with Gasteiger partial charge < -0.3 is 15.2 Å². The van der Waals surface area contributed by atoms with Crippen LogP contribution in [0.5, 0.6) is 5.88 Å². The van der Waals surface area contributed by atoms with Crippen LogP contribution in [0.4, 0.5) is 0 Å². The van der Waals surface area contributed by atoms with E-state index in [4.69, 9.17) is 27.4 Å². The van der Waals surface area contributed by atoms with Crippen LogP contribution in [0.1, 0.15) is 36.9 Å². The highest BCUT2D eigenvalue weighted by Crippen LogP contribution is 2.26. The summed E-state index contributed by atoms with van der Waals surface area (Å²) in [6, 6.07) is 3.76. The predicted octanol–water partition coefficient (Wildman–Crippen LogP) is 2.36. The topological polar surface area (TPSA) is 57.4 Å². The fraction of sp³-hybridized carbons (Fsp3) is 0.571. The van der Waals surface area contributed by atoms with Gasteiger partial charge >= 0.3 is 0 Å². The SMILES string of the molecule is COC1CCCC(Oc2nc(C)ccc2C(N)=S)C1. The maximum atomic E-state index is 6.00. The highest BCUT2D eigenvalue weighted by molar-refractivity contribution is 7.80. The fourth-order valence-corrected chi connectivity index (χ4v) is 2.55. The van der Waals surface area contributed by atoms with E-state index in [1.807, 2.05) is 19.1 Å². The number of methoxy groups -OCH3 is 1. The molecular weight excluding hydrogens is 260 g/mol. The third-order valence-corrected chi connectivity index (χ3v) is 3.67. The molecule has 4 nitrogen and oxygen atoms in total. The van der Waals surface area contributed by atoms with Gasteiger partial charge in [0.2, 0.25) is 5.88 Å². The fourth-order valence-electron chi connectivity index (χ4n) is 2.39. The second kappa shape index (κ2) is 6.30. The zero-order valence-electron chi connectivity index (χ0n) is 11.4. The van der Waals surface area contributed by atoms with Gasteiger partial charge in [0.25, 0.3) is 0 Å². The normalized spacial score (nSPS) is 23.1. The average molecular weight is 280 g/mol. The van der Waals surface area contributed by atoms with E-state index >= 15 is 0 Å². The molecule has 1 heterocycles. The van der Waals surface area contributed by atoms with Crippen LogP contribution < -0.4 is 10.5 Å². The molecule has 1 aromatic heterocycles. The van der Waals surface area contributed by atoms with Crippen LogP contribution in [0.25, 0.3) is 0 Å². The molecule has 1 saturated carbocycles. The second-order valence-electron chi connectivity index (χ2n) is 4.93. The number of nitrogens with two attached hydrogens (primary N) is 1. The molecule has 104 valence electrons. The number of hydrogen-bond acceptors (Lipinski definition) is 4. The lowest BCUT2D eigenvalue weighted by molar-refractivity contribution is 0.0194. The lowest BCUT2D eigenvalue weighted by atomic mass is 9.95. The second-order valence-corrected chi connectivity index (χ2v) is 5.37. The van der Waals surface area contributed by atoms with Crippen molar-refractivity contribution in [2.45, 2.75) is 44.8 Å². The molecule has 19 heavy (non-hydrogen) atoms. The molecule has 0 bridgehead atoms. The zero-order chi connectivity index (χ0) is 13.8. The summed E-state index contributed by atoms with van der Waals surface area (Å²) in [5, 5.41) is 0. The minimum Gasteiger partial charge on any atom is -0.474 e. The van der Waals surface area contributed by atoms with Gasteiger partial charge in [0.1, 0.15) is 11.1 Å². The van der Waals surface area contributed by atoms with E-state index in [0.717, 1.165) is 31.4 Å². The third kappa shape index (κ3) is 3.64. The summed E-state index contributed by atoms with van der Waals surface area (Å²) in [5.41, 5.74) is 7.32. The average Bonchev–Trinajstić information content (AvgIpc) is 2.38. The van der Waals surface area contributed by atoms with Crippen LogP contribution in [0.2, 0.25) is 0 Å². The van der Waals surface area contributed by atoms with Crippen molar-refractivity contribution in [3.63, 3.8) is 0 Å². The molecule has 0 spiro atoms. The number of aromatic nitrogens is 1. The molecule has 0 amide bonds. The summed E-state index contributed by atoms with van der Waals surface area (Å²) in [6.07, 6.45) is 4.52. The van der Waals surface area contributed by atoms with Crippen LogP contribution in [-0.2, 0) is 4.74 Å². The molecule has 0 aromatic carbocycles. The van der Waals surface area contributed by atoms with E-state index in [9.17, 15) is 0 Å². The van der Waals surface area contributed by atoms with Crippen LogP contribution in [0.3, 0.4) is 0 Å². The summed E-state index contributed by atoms with van der Waals surface area (Å²) in [6.45, 7) is 1.93. The molecule has 1 aromatic rings. The Labute approximate surface area is 119 Å². The van der Waals surface area contributed by atoms with Gasteiger partial charge in [-0.1, -0.05) is 12.2 Å². The van der Waals surface area contributed by atoms with Gasteiger partial charge in [-0.2, -0.15) is 0 Å². The van der Waals surface area contributed by atoms with Crippen molar-refractivity contribution in [3.8, 4) is 5.88 Å². The Morgan fingerprint density at radius 2 is 2.11 bits per heavy atom. The smallest absolute Gasteiger partial charge is 0.224 e. The number of ether oxygens (including phenoxy) is 2. The Balaban J connectivity index is 2.13. The highest BCUT2D eigenvalue weighted by Gasteiger charge is 2.24. The Kier molecular flexibility index (Phi) is 4.71.